The molecule has 3 aromatic rings. The van der Waals surface area contributed by atoms with Crippen LogP contribution in [0.5, 0.6) is 0 Å². The number of rotatable bonds is 5. The molecule has 29 heavy (non-hydrogen) atoms. The van der Waals surface area contributed by atoms with Crippen LogP contribution < -0.4 is 10.6 Å². The number of aromatic nitrogens is 1. The molecule has 0 aliphatic rings. The first-order valence-corrected chi connectivity index (χ1v) is 9.38. The summed E-state index contributed by atoms with van der Waals surface area (Å²) in [7, 11) is 0. The van der Waals surface area contributed by atoms with Gasteiger partial charge in [-0.3, -0.25) is 9.59 Å². The lowest BCUT2D eigenvalue weighted by atomic mass is 9.99. The van der Waals surface area contributed by atoms with Gasteiger partial charge in [-0.2, -0.15) is 0 Å². The minimum atomic E-state index is -0.366. The van der Waals surface area contributed by atoms with Crippen LogP contribution in [-0.4, -0.2) is 16.8 Å². The highest BCUT2D eigenvalue weighted by molar-refractivity contribution is 6.30. The number of carbonyl (C=O) groups excluding carboxylic acids is 2. The summed E-state index contributed by atoms with van der Waals surface area (Å²) in [6.45, 7) is 3.65. The van der Waals surface area contributed by atoms with E-state index in [0.29, 0.717) is 22.0 Å². The Morgan fingerprint density at radius 3 is 2.38 bits per heavy atom. The zero-order valence-corrected chi connectivity index (χ0v) is 16.8. The van der Waals surface area contributed by atoms with Crippen LogP contribution in [-0.2, 0) is 4.79 Å². The average molecular weight is 406 g/mol. The number of benzene rings is 2. The van der Waals surface area contributed by atoms with Crippen LogP contribution in [0.15, 0.2) is 78.6 Å². The van der Waals surface area contributed by atoms with E-state index in [2.05, 4.69) is 15.6 Å². The molecule has 2 aromatic carbocycles. The Morgan fingerprint density at radius 2 is 1.72 bits per heavy atom. The Balaban J connectivity index is 1.62. The lowest BCUT2D eigenvalue weighted by molar-refractivity contribution is -0.112. The standard InChI is InChI=1S/C23H20ClN3O2/c1-15-5-3-4-6-20(15)17-7-9-18(10-8-17)23(29)26-13-16(2)22(28)27-21-12-11-19(24)14-25-21/h3-14H,1-2H3,(H,26,29)(H,25,27,28)/b16-13-. The highest BCUT2D eigenvalue weighted by atomic mass is 35.5. The van der Waals surface area contributed by atoms with E-state index < -0.39 is 0 Å². The molecule has 3 rings (SSSR count). The second-order valence-electron chi connectivity index (χ2n) is 6.51. The van der Waals surface area contributed by atoms with Gasteiger partial charge in [0.15, 0.2) is 0 Å². The lowest BCUT2D eigenvalue weighted by Gasteiger charge is -2.08. The largest absolute Gasteiger partial charge is 0.328 e. The van der Waals surface area contributed by atoms with Crippen LogP contribution in [0.4, 0.5) is 5.82 Å². The van der Waals surface area contributed by atoms with Crippen LogP contribution >= 0.6 is 11.6 Å². The van der Waals surface area contributed by atoms with Crippen LogP contribution in [0, 0.1) is 6.92 Å². The highest BCUT2D eigenvalue weighted by Gasteiger charge is 2.09. The monoisotopic (exact) mass is 405 g/mol. The summed E-state index contributed by atoms with van der Waals surface area (Å²) < 4.78 is 0. The predicted octanol–water partition coefficient (Wildman–Crippen LogP) is 4.98. The molecule has 2 N–H and O–H groups in total. The smallest absolute Gasteiger partial charge is 0.255 e. The first-order valence-electron chi connectivity index (χ1n) is 9.00. The molecular weight excluding hydrogens is 386 g/mol. The maximum absolute atomic E-state index is 12.4. The molecule has 6 heteroatoms. The Morgan fingerprint density at radius 1 is 1.00 bits per heavy atom. The number of amides is 2. The number of nitrogens with zero attached hydrogens (tertiary/aromatic N) is 1. The molecule has 0 aliphatic heterocycles. The van der Waals surface area contributed by atoms with E-state index in [0.717, 1.165) is 11.1 Å². The summed E-state index contributed by atoms with van der Waals surface area (Å²) in [5.74, 6) is -0.279. The molecule has 1 aromatic heterocycles. The van der Waals surface area contributed by atoms with Gasteiger partial charge in [-0.25, -0.2) is 4.98 Å². The minimum absolute atomic E-state index is 0.293. The molecule has 0 atom stereocenters. The van der Waals surface area contributed by atoms with E-state index in [1.165, 1.54) is 18.0 Å². The minimum Gasteiger partial charge on any atom is -0.328 e. The first kappa shape index (κ1) is 20.3. The Bertz CT molecular complexity index is 1060. The third-order valence-corrected chi connectivity index (χ3v) is 4.57. The number of aryl methyl sites for hydroxylation is 1. The highest BCUT2D eigenvalue weighted by Crippen LogP contribution is 2.23. The number of anilines is 1. The van der Waals surface area contributed by atoms with Gasteiger partial charge in [0.2, 0.25) is 0 Å². The molecule has 0 radical (unpaired) electrons. The van der Waals surface area contributed by atoms with Crippen molar-refractivity contribution in [3.8, 4) is 11.1 Å². The Kier molecular flexibility index (Phi) is 6.42. The normalized spacial score (nSPS) is 11.1. The second kappa shape index (κ2) is 9.17. The number of carbonyl (C=O) groups is 2. The lowest BCUT2D eigenvalue weighted by Crippen LogP contribution is -2.21. The molecule has 1 heterocycles. The van der Waals surface area contributed by atoms with Gasteiger partial charge in [0.25, 0.3) is 11.8 Å². The van der Waals surface area contributed by atoms with Gasteiger partial charge in [0.1, 0.15) is 5.82 Å². The number of hydrogen-bond donors (Lipinski definition) is 2. The molecule has 0 aliphatic carbocycles. The fourth-order valence-electron chi connectivity index (χ4n) is 2.69. The number of nitrogens with one attached hydrogen (secondary N) is 2. The molecule has 5 nitrogen and oxygen atoms in total. The Labute approximate surface area is 174 Å². The topological polar surface area (TPSA) is 71.1 Å². The van der Waals surface area contributed by atoms with Crippen molar-refractivity contribution in [3.63, 3.8) is 0 Å². The number of halogens is 1. The van der Waals surface area contributed by atoms with Gasteiger partial charge in [0, 0.05) is 23.5 Å². The SMILES string of the molecule is C/C(=C/NC(=O)c1ccc(-c2ccccc2C)cc1)C(=O)Nc1ccc(Cl)cn1. The van der Waals surface area contributed by atoms with Crippen molar-refractivity contribution in [1.29, 1.82) is 0 Å². The molecule has 0 fully saturated rings. The van der Waals surface area contributed by atoms with E-state index in [1.807, 2.05) is 43.3 Å². The van der Waals surface area contributed by atoms with E-state index in [-0.39, 0.29) is 11.8 Å². The molecular formula is C23H20ClN3O2. The molecule has 0 bridgehead atoms. The summed E-state index contributed by atoms with van der Waals surface area (Å²) in [6.07, 6.45) is 2.82. The second-order valence-corrected chi connectivity index (χ2v) is 6.95. The third kappa shape index (κ3) is 5.30. The van der Waals surface area contributed by atoms with Crippen molar-refractivity contribution < 1.29 is 9.59 Å². The molecule has 0 unspecified atom stereocenters. The first-order chi connectivity index (χ1) is 13.9. The summed E-state index contributed by atoms with van der Waals surface area (Å²) in [5.41, 5.74) is 4.19. The molecule has 0 saturated heterocycles. The van der Waals surface area contributed by atoms with Crippen molar-refractivity contribution in [3.05, 3.63) is 94.8 Å². The number of pyridine rings is 1. The fourth-order valence-corrected chi connectivity index (χ4v) is 2.80. The maximum Gasteiger partial charge on any atom is 0.255 e. The van der Waals surface area contributed by atoms with Crippen molar-refractivity contribution in [2.24, 2.45) is 0 Å². The number of hydrogen-bond acceptors (Lipinski definition) is 3. The van der Waals surface area contributed by atoms with Crippen LogP contribution in [0.2, 0.25) is 5.02 Å². The van der Waals surface area contributed by atoms with E-state index in [9.17, 15) is 9.59 Å². The Hall–Kier alpha value is -3.44. The predicted molar refractivity (Wildman–Crippen MR) is 116 cm³/mol. The molecule has 0 saturated carbocycles. The van der Waals surface area contributed by atoms with Gasteiger partial charge in [0.05, 0.1) is 5.02 Å². The quantitative estimate of drug-likeness (QED) is 0.588. The van der Waals surface area contributed by atoms with Gasteiger partial charge >= 0.3 is 0 Å². The van der Waals surface area contributed by atoms with Crippen molar-refractivity contribution in [2.45, 2.75) is 13.8 Å². The van der Waals surface area contributed by atoms with Crippen molar-refractivity contribution >= 4 is 29.2 Å². The van der Waals surface area contributed by atoms with E-state index >= 15 is 0 Å². The van der Waals surface area contributed by atoms with Crippen LogP contribution in [0.3, 0.4) is 0 Å². The maximum atomic E-state index is 12.4. The van der Waals surface area contributed by atoms with Crippen molar-refractivity contribution in [1.82, 2.24) is 10.3 Å². The van der Waals surface area contributed by atoms with Gasteiger partial charge in [-0.05, 0) is 54.8 Å². The fraction of sp³-hybridized carbons (Fsp3) is 0.0870. The van der Waals surface area contributed by atoms with Crippen LogP contribution in [0.25, 0.3) is 11.1 Å². The third-order valence-electron chi connectivity index (χ3n) is 4.35. The van der Waals surface area contributed by atoms with Gasteiger partial charge in [-0.15, -0.1) is 0 Å². The van der Waals surface area contributed by atoms with E-state index in [1.54, 1.807) is 31.2 Å². The summed E-state index contributed by atoms with van der Waals surface area (Å²) in [5, 5.41) is 5.76. The summed E-state index contributed by atoms with van der Waals surface area (Å²) >= 11 is 5.77. The van der Waals surface area contributed by atoms with Gasteiger partial charge in [-0.1, -0.05) is 48.0 Å². The zero-order chi connectivity index (χ0) is 20.8. The average Bonchev–Trinajstić information content (AvgIpc) is 2.74. The summed E-state index contributed by atoms with van der Waals surface area (Å²) in [6, 6.07) is 18.7. The zero-order valence-electron chi connectivity index (χ0n) is 16.1. The van der Waals surface area contributed by atoms with E-state index in [4.69, 9.17) is 11.6 Å². The van der Waals surface area contributed by atoms with Crippen molar-refractivity contribution in [2.75, 3.05) is 5.32 Å². The molecule has 0 spiro atoms. The summed E-state index contributed by atoms with van der Waals surface area (Å²) in [4.78, 5) is 28.5. The van der Waals surface area contributed by atoms with Gasteiger partial charge < -0.3 is 10.6 Å². The van der Waals surface area contributed by atoms with Crippen LogP contribution in [0.1, 0.15) is 22.8 Å². The molecule has 2 amide bonds. The molecule has 146 valence electrons.